The Morgan fingerprint density at radius 1 is 1.40 bits per heavy atom. The molecule has 0 heterocycles. The molecule has 0 fully saturated rings. The molecule has 1 unspecified atom stereocenters. The van der Waals surface area contributed by atoms with Crippen LogP contribution in [0.4, 0.5) is 0 Å². The van der Waals surface area contributed by atoms with E-state index in [1.807, 2.05) is 12.1 Å². The van der Waals surface area contributed by atoms with Crippen molar-refractivity contribution >= 4 is 5.97 Å². The van der Waals surface area contributed by atoms with Crippen molar-refractivity contribution in [3.63, 3.8) is 0 Å². The second kappa shape index (κ2) is 4.05. The number of fused-ring (bicyclic) bond motifs is 1. The molecule has 0 aromatic heterocycles. The Labute approximate surface area is 90.3 Å². The number of hydrogen-bond acceptors (Lipinski definition) is 2. The fourth-order valence-corrected chi connectivity index (χ4v) is 2.18. The van der Waals surface area contributed by atoms with E-state index in [4.69, 9.17) is 4.74 Å². The monoisotopic (exact) mass is 204 g/mol. The van der Waals surface area contributed by atoms with Crippen LogP contribution in [0.25, 0.3) is 0 Å². The number of methoxy groups -OCH3 is 1. The molecule has 0 spiro atoms. The van der Waals surface area contributed by atoms with E-state index >= 15 is 0 Å². The molecule has 2 heteroatoms. The van der Waals surface area contributed by atoms with Crippen LogP contribution in [0.15, 0.2) is 18.2 Å². The van der Waals surface area contributed by atoms with Crippen LogP contribution in [-0.2, 0) is 17.6 Å². The zero-order valence-electron chi connectivity index (χ0n) is 9.25. The number of aryl methyl sites for hydroxylation is 1. The van der Waals surface area contributed by atoms with E-state index in [1.54, 1.807) is 0 Å². The van der Waals surface area contributed by atoms with Crippen molar-refractivity contribution in [2.24, 2.45) is 5.92 Å². The SMILES string of the molecule is COC(=O)c1ccc2c(c1)CC(C)CC2. The summed E-state index contributed by atoms with van der Waals surface area (Å²) in [5, 5.41) is 0. The van der Waals surface area contributed by atoms with Gasteiger partial charge in [-0.05, 0) is 48.4 Å². The third kappa shape index (κ3) is 2.04. The van der Waals surface area contributed by atoms with Crippen molar-refractivity contribution in [3.05, 3.63) is 34.9 Å². The van der Waals surface area contributed by atoms with Gasteiger partial charge in [0.2, 0.25) is 0 Å². The van der Waals surface area contributed by atoms with E-state index in [-0.39, 0.29) is 5.97 Å². The smallest absolute Gasteiger partial charge is 0.337 e. The molecule has 0 aliphatic heterocycles. The highest BCUT2D eigenvalue weighted by Gasteiger charge is 2.16. The van der Waals surface area contributed by atoms with Crippen molar-refractivity contribution in [2.75, 3.05) is 7.11 Å². The molecule has 1 aliphatic carbocycles. The highest BCUT2D eigenvalue weighted by Crippen LogP contribution is 2.26. The van der Waals surface area contributed by atoms with E-state index in [1.165, 1.54) is 24.7 Å². The van der Waals surface area contributed by atoms with E-state index in [0.717, 1.165) is 18.8 Å². The molecule has 80 valence electrons. The largest absolute Gasteiger partial charge is 0.465 e. The molecule has 1 aliphatic rings. The molecular weight excluding hydrogens is 188 g/mol. The van der Waals surface area contributed by atoms with Gasteiger partial charge in [-0.25, -0.2) is 4.79 Å². The van der Waals surface area contributed by atoms with Gasteiger partial charge >= 0.3 is 5.97 Å². The van der Waals surface area contributed by atoms with Crippen LogP contribution in [0.1, 0.15) is 34.8 Å². The molecule has 0 N–H and O–H groups in total. The van der Waals surface area contributed by atoms with Gasteiger partial charge in [0.15, 0.2) is 0 Å². The summed E-state index contributed by atoms with van der Waals surface area (Å²) in [4.78, 5) is 11.4. The van der Waals surface area contributed by atoms with Crippen molar-refractivity contribution in [1.29, 1.82) is 0 Å². The third-order valence-corrected chi connectivity index (χ3v) is 3.10. The van der Waals surface area contributed by atoms with Gasteiger partial charge in [-0.2, -0.15) is 0 Å². The molecule has 0 saturated carbocycles. The van der Waals surface area contributed by atoms with Gasteiger partial charge in [-0.1, -0.05) is 13.0 Å². The van der Waals surface area contributed by atoms with Crippen molar-refractivity contribution in [3.8, 4) is 0 Å². The lowest BCUT2D eigenvalue weighted by Crippen LogP contribution is -2.12. The summed E-state index contributed by atoms with van der Waals surface area (Å²) in [6.45, 7) is 2.26. The van der Waals surface area contributed by atoms with Crippen LogP contribution in [0, 0.1) is 5.92 Å². The summed E-state index contributed by atoms with van der Waals surface area (Å²) in [6, 6.07) is 5.91. The molecular formula is C13H16O2. The summed E-state index contributed by atoms with van der Waals surface area (Å²) >= 11 is 0. The first kappa shape index (κ1) is 10.2. The Balaban J connectivity index is 2.32. The van der Waals surface area contributed by atoms with Gasteiger partial charge in [0.1, 0.15) is 0 Å². The zero-order chi connectivity index (χ0) is 10.8. The maximum absolute atomic E-state index is 11.4. The fourth-order valence-electron chi connectivity index (χ4n) is 2.18. The summed E-state index contributed by atoms with van der Waals surface area (Å²) in [6.07, 6.45) is 3.47. The molecule has 2 rings (SSSR count). The molecule has 2 nitrogen and oxygen atoms in total. The van der Waals surface area contributed by atoms with Crippen LogP contribution in [0.5, 0.6) is 0 Å². The predicted molar refractivity (Wildman–Crippen MR) is 59.0 cm³/mol. The Kier molecular flexibility index (Phi) is 2.76. The Bertz CT molecular complexity index is 382. The standard InChI is InChI=1S/C13H16O2/c1-9-3-4-10-5-6-11(13(14)15-2)8-12(10)7-9/h5-6,8-9H,3-4,7H2,1-2H3. The van der Waals surface area contributed by atoms with E-state index in [2.05, 4.69) is 13.0 Å². The molecule has 0 radical (unpaired) electrons. The van der Waals surface area contributed by atoms with Crippen molar-refractivity contribution in [1.82, 2.24) is 0 Å². The Morgan fingerprint density at radius 3 is 2.93 bits per heavy atom. The topological polar surface area (TPSA) is 26.3 Å². The van der Waals surface area contributed by atoms with Gasteiger partial charge in [0.25, 0.3) is 0 Å². The summed E-state index contributed by atoms with van der Waals surface area (Å²) in [5.74, 6) is 0.487. The number of ether oxygens (including phenoxy) is 1. The minimum atomic E-state index is -0.240. The van der Waals surface area contributed by atoms with Gasteiger partial charge in [0.05, 0.1) is 12.7 Å². The third-order valence-electron chi connectivity index (χ3n) is 3.10. The highest BCUT2D eigenvalue weighted by atomic mass is 16.5. The second-order valence-corrected chi connectivity index (χ2v) is 4.32. The van der Waals surface area contributed by atoms with Crippen LogP contribution in [0.2, 0.25) is 0 Å². The predicted octanol–water partition coefficient (Wildman–Crippen LogP) is 2.60. The van der Waals surface area contributed by atoms with Gasteiger partial charge in [0, 0.05) is 0 Å². The summed E-state index contributed by atoms with van der Waals surface area (Å²) < 4.78 is 4.72. The average Bonchev–Trinajstić information content (AvgIpc) is 2.27. The molecule has 1 atom stereocenters. The summed E-state index contributed by atoms with van der Waals surface area (Å²) in [5.41, 5.74) is 3.38. The van der Waals surface area contributed by atoms with Crippen molar-refractivity contribution in [2.45, 2.75) is 26.2 Å². The van der Waals surface area contributed by atoms with Gasteiger partial charge in [-0.15, -0.1) is 0 Å². The van der Waals surface area contributed by atoms with Crippen LogP contribution in [-0.4, -0.2) is 13.1 Å². The van der Waals surface area contributed by atoms with E-state index < -0.39 is 0 Å². The van der Waals surface area contributed by atoms with Crippen LogP contribution < -0.4 is 0 Å². The quantitative estimate of drug-likeness (QED) is 0.657. The second-order valence-electron chi connectivity index (χ2n) is 4.32. The minimum Gasteiger partial charge on any atom is -0.465 e. The normalized spacial score (nSPS) is 19.5. The number of esters is 1. The van der Waals surface area contributed by atoms with E-state index in [0.29, 0.717) is 5.56 Å². The molecule has 0 saturated heterocycles. The Hall–Kier alpha value is -1.31. The molecule has 1 aromatic rings. The molecule has 0 bridgehead atoms. The van der Waals surface area contributed by atoms with Crippen LogP contribution >= 0.6 is 0 Å². The highest BCUT2D eigenvalue weighted by molar-refractivity contribution is 5.89. The van der Waals surface area contributed by atoms with Gasteiger partial charge < -0.3 is 4.74 Å². The lowest BCUT2D eigenvalue weighted by molar-refractivity contribution is 0.0600. The molecule has 1 aromatic carbocycles. The first-order chi connectivity index (χ1) is 7.20. The Morgan fingerprint density at radius 2 is 2.20 bits per heavy atom. The summed E-state index contributed by atoms with van der Waals surface area (Å²) in [7, 11) is 1.42. The number of hydrogen-bond donors (Lipinski definition) is 0. The van der Waals surface area contributed by atoms with Crippen molar-refractivity contribution < 1.29 is 9.53 Å². The maximum Gasteiger partial charge on any atom is 0.337 e. The number of carbonyl (C=O) groups is 1. The van der Waals surface area contributed by atoms with E-state index in [9.17, 15) is 4.79 Å². The number of rotatable bonds is 1. The number of benzene rings is 1. The first-order valence-electron chi connectivity index (χ1n) is 5.41. The lowest BCUT2D eigenvalue weighted by atomic mass is 9.84. The first-order valence-corrected chi connectivity index (χ1v) is 5.41. The maximum atomic E-state index is 11.4. The fraction of sp³-hybridized carbons (Fsp3) is 0.462. The minimum absolute atomic E-state index is 0.240. The number of carbonyl (C=O) groups excluding carboxylic acids is 1. The molecule has 0 amide bonds. The van der Waals surface area contributed by atoms with Gasteiger partial charge in [-0.3, -0.25) is 0 Å². The molecule has 15 heavy (non-hydrogen) atoms. The average molecular weight is 204 g/mol. The zero-order valence-corrected chi connectivity index (χ0v) is 9.25. The van der Waals surface area contributed by atoms with Crippen LogP contribution in [0.3, 0.4) is 0 Å². The lowest BCUT2D eigenvalue weighted by Gasteiger charge is -2.21.